The van der Waals surface area contributed by atoms with Crippen molar-refractivity contribution in [3.63, 3.8) is 0 Å². The van der Waals surface area contributed by atoms with Crippen molar-refractivity contribution in [2.45, 2.75) is 83.7 Å². The molecule has 0 atom stereocenters. The minimum absolute atomic E-state index is 0.707. The van der Waals surface area contributed by atoms with Crippen molar-refractivity contribution in [2.24, 2.45) is 17.8 Å². The number of allylic oxidation sites excluding steroid dienone is 2. The van der Waals surface area contributed by atoms with Crippen molar-refractivity contribution >= 4 is 0 Å². The average Bonchev–Trinajstić information content (AvgIpc) is 2.76. The molecule has 1 heteroatoms. The fraction of sp³-hybridized carbons (Fsp3) is 0.630. The largest absolute Gasteiger partial charge is 0.373 e. The summed E-state index contributed by atoms with van der Waals surface area (Å²) in [7, 11) is 0. The Morgan fingerprint density at radius 3 is 2.18 bits per heavy atom. The SMILES string of the molecule is C=CCCC1CCC(C2CCC(c3ccc(COC/C=C/C)cc3)CC2)CC1. The van der Waals surface area contributed by atoms with E-state index in [-0.39, 0.29) is 0 Å². The van der Waals surface area contributed by atoms with Crippen LogP contribution in [-0.2, 0) is 11.3 Å². The van der Waals surface area contributed by atoms with E-state index < -0.39 is 0 Å². The van der Waals surface area contributed by atoms with Crippen molar-refractivity contribution in [3.05, 3.63) is 60.2 Å². The number of hydrogen-bond donors (Lipinski definition) is 0. The molecule has 154 valence electrons. The van der Waals surface area contributed by atoms with Gasteiger partial charge in [-0.3, -0.25) is 0 Å². The predicted molar refractivity (Wildman–Crippen MR) is 120 cm³/mol. The zero-order valence-corrected chi connectivity index (χ0v) is 18.0. The molecule has 0 N–H and O–H groups in total. The molecule has 1 aromatic carbocycles. The molecular weight excluding hydrogens is 340 g/mol. The van der Waals surface area contributed by atoms with Gasteiger partial charge >= 0.3 is 0 Å². The highest BCUT2D eigenvalue weighted by Gasteiger charge is 2.31. The summed E-state index contributed by atoms with van der Waals surface area (Å²) in [6.07, 6.45) is 20.3. The monoisotopic (exact) mass is 380 g/mol. The van der Waals surface area contributed by atoms with E-state index in [0.29, 0.717) is 13.2 Å². The maximum Gasteiger partial charge on any atom is 0.0721 e. The van der Waals surface area contributed by atoms with Crippen molar-refractivity contribution < 1.29 is 4.74 Å². The van der Waals surface area contributed by atoms with Crippen LogP contribution in [0.25, 0.3) is 0 Å². The van der Waals surface area contributed by atoms with Gasteiger partial charge in [0.1, 0.15) is 0 Å². The first-order valence-corrected chi connectivity index (χ1v) is 11.7. The van der Waals surface area contributed by atoms with E-state index in [9.17, 15) is 0 Å². The van der Waals surface area contributed by atoms with Gasteiger partial charge in [-0.15, -0.1) is 6.58 Å². The molecule has 3 rings (SSSR count). The van der Waals surface area contributed by atoms with E-state index in [0.717, 1.165) is 23.7 Å². The Kier molecular flexibility index (Phi) is 8.86. The van der Waals surface area contributed by atoms with Gasteiger partial charge in [0.2, 0.25) is 0 Å². The Bertz CT molecular complexity index is 583. The Balaban J connectivity index is 1.40. The summed E-state index contributed by atoms with van der Waals surface area (Å²) in [5.41, 5.74) is 2.83. The van der Waals surface area contributed by atoms with E-state index in [1.807, 2.05) is 13.0 Å². The highest BCUT2D eigenvalue weighted by atomic mass is 16.5. The second-order valence-corrected chi connectivity index (χ2v) is 9.08. The summed E-state index contributed by atoms with van der Waals surface area (Å²) in [6, 6.07) is 9.23. The van der Waals surface area contributed by atoms with E-state index >= 15 is 0 Å². The molecule has 0 aliphatic heterocycles. The van der Waals surface area contributed by atoms with Gasteiger partial charge in [-0.05, 0) is 93.1 Å². The quantitative estimate of drug-likeness (QED) is 0.313. The zero-order valence-electron chi connectivity index (χ0n) is 18.0. The molecule has 28 heavy (non-hydrogen) atoms. The third kappa shape index (κ3) is 6.34. The average molecular weight is 381 g/mol. The van der Waals surface area contributed by atoms with Gasteiger partial charge in [0.05, 0.1) is 13.2 Å². The molecule has 2 aliphatic carbocycles. The maximum absolute atomic E-state index is 5.66. The molecule has 0 bridgehead atoms. The summed E-state index contributed by atoms with van der Waals surface area (Å²) in [6.45, 7) is 7.33. The van der Waals surface area contributed by atoms with Crippen molar-refractivity contribution in [1.29, 1.82) is 0 Å². The van der Waals surface area contributed by atoms with Gasteiger partial charge in [-0.1, -0.05) is 55.3 Å². The second kappa shape index (κ2) is 11.6. The Labute approximate surface area is 173 Å². The Hall–Kier alpha value is -1.34. The van der Waals surface area contributed by atoms with Crippen molar-refractivity contribution in [3.8, 4) is 0 Å². The summed E-state index contributed by atoms with van der Waals surface area (Å²) in [5.74, 6) is 3.76. The number of hydrogen-bond acceptors (Lipinski definition) is 1. The summed E-state index contributed by atoms with van der Waals surface area (Å²) in [4.78, 5) is 0. The van der Waals surface area contributed by atoms with Gasteiger partial charge in [-0.2, -0.15) is 0 Å². The Morgan fingerprint density at radius 2 is 1.57 bits per heavy atom. The van der Waals surface area contributed by atoms with Crippen LogP contribution in [0.3, 0.4) is 0 Å². The lowest BCUT2D eigenvalue weighted by molar-refractivity contribution is 0.148. The molecule has 0 aromatic heterocycles. The predicted octanol–water partition coefficient (Wildman–Crippen LogP) is 7.83. The van der Waals surface area contributed by atoms with E-state index in [1.165, 1.54) is 69.8 Å². The first-order chi connectivity index (χ1) is 13.8. The van der Waals surface area contributed by atoms with E-state index in [2.05, 4.69) is 43.0 Å². The van der Waals surface area contributed by atoms with Gasteiger partial charge in [-0.25, -0.2) is 0 Å². The highest BCUT2D eigenvalue weighted by Crippen LogP contribution is 2.44. The maximum atomic E-state index is 5.66. The number of benzene rings is 1. The van der Waals surface area contributed by atoms with Crippen LogP contribution in [0.1, 0.15) is 88.2 Å². The van der Waals surface area contributed by atoms with Crippen LogP contribution in [0.5, 0.6) is 0 Å². The van der Waals surface area contributed by atoms with Gasteiger partial charge in [0, 0.05) is 0 Å². The molecule has 1 aromatic rings. The van der Waals surface area contributed by atoms with Crippen molar-refractivity contribution in [2.75, 3.05) is 6.61 Å². The fourth-order valence-electron chi connectivity index (χ4n) is 5.45. The molecular formula is C27H40O. The number of ether oxygens (including phenoxy) is 1. The summed E-state index contributed by atoms with van der Waals surface area (Å²) < 4.78 is 5.66. The summed E-state index contributed by atoms with van der Waals surface area (Å²) in [5, 5.41) is 0. The Morgan fingerprint density at radius 1 is 0.929 bits per heavy atom. The molecule has 0 heterocycles. The zero-order chi connectivity index (χ0) is 19.6. The lowest BCUT2D eigenvalue weighted by Gasteiger charge is -2.38. The van der Waals surface area contributed by atoms with Gasteiger partial charge in [0.25, 0.3) is 0 Å². The smallest absolute Gasteiger partial charge is 0.0721 e. The lowest BCUT2D eigenvalue weighted by atomic mass is 9.68. The van der Waals surface area contributed by atoms with Crippen LogP contribution in [0.15, 0.2) is 49.1 Å². The van der Waals surface area contributed by atoms with Crippen LogP contribution in [0.2, 0.25) is 0 Å². The highest BCUT2D eigenvalue weighted by molar-refractivity contribution is 5.25. The molecule has 2 aliphatic rings. The van der Waals surface area contributed by atoms with Crippen molar-refractivity contribution in [1.82, 2.24) is 0 Å². The standard InChI is InChI=1S/C27H40O/c1-3-5-7-22-8-12-24(13-9-22)26-16-18-27(19-17-26)25-14-10-23(11-15-25)21-28-20-6-4-2/h3-4,6,10-11,14-15,22,24,26-27H,1,5,7-9,12-13,16-21H2,2H3/b6-4+. The third-order valence-corrected chi connectivity index (χ3v) is 7.28. The van der Waals surface area contributed by atoms with Crippen LogP contribution in [0.4, 0.5) is 0 Å². The summed E-state index contributed by atoms with van der Waals surface area (Å²) >= 11 is 0. The molecule has 0 radical (unpaired) electrons. The fourth-order valence-corrected chi connectivity index (χ4v) is 5.45. The minimum Gasteiger partial charge on any atom is -0.373 e. The molecule has 2 fully saturated rings. The topological polar surface area (TPSA) is 9.23 Å². The van der Waals surface area contributed by atoms with Gasteiger partial charge < -0.3 is 4.74 Å². The van der Waals surface area contributed by atoms with E-state index in [4.69, 9.17) is 4.74 Å². The molecule has 0 saturated heterocycles. The lowest BCUT2D eigenvalue weighted by Crippen LogP contribution is -2.25. The van der Waals surface area contributed by atoms with E-state index in [1.54, 1.807) is 5.56 Å². The van der Waals surface area contributed by atoms with Crippen LogP contribution < -0.4 is 0 Å². The molecule has 1 nitrogen and oxygen atoms in total. The van der Waals surface area contributed by atoms with Gasteiger partial charge in [0.15, 0.2) is 0 Å². The second-order valence-electron chi connectivity index (χ2n) is 9.08. The normalized spacial score (nSPS) is 28.5. The first-order valence-electron chi connectivity index (χ1n) is 11.7. The van der Waals surface area contributed by atoms with Crippen LogP contribution >= 0.6 is 0 Å². The molecule has 0 unspecified atom stereocenters. The first kappa shape index (κ1) is 21.4. The number of rotatable bonds is 9. The third-order valence-electron chi connectivity index (χ3n) is 7.28. The van der Waals surface area contributed by atoms with Crippen LogP contribution in [0, 0.1) is 17.8 Å². The molecule has 2 saturated carbocycles. The minimum atomic E-state index is 0.707. The van der Waals surface area contributed by atoms with Crippen LogP contribution in [-0.4, -0.2) is 6.61 Å². The molecule has 0 amide bonds. The molecule has 0 spiro atoms.